The van der Waals surface area contributed by atoms with E-state index in [1.807, 2.05) is 12.1 Å². The molecule has 0 saturated carbocycles. The van der Waals surface area contributed by atoms with Crippen molar-refractivity contribution in [1.82, 2.24) is 15.5 Å². The summed E-state index contributed by atoms with van der Waals surface area (Å²) in [6.45, 7) is 2.64. The molecule has 4 N–H and O–H groups in total. The van der Waals surface area contributed by atoms with E-state index in [1.54, 1.807) is 0 Å². The smallest absolute Gasteiger partial charge is 0.256 e. The number of nitrogen functional groups attached to an aromatic ring is 1. The highest BCUT2D eigenvalue weighted by molar-refractivity contribution is 5.98. The first-order chi connectivity index (χ1) is 8.68. The van der Waals surface area contributed by atoms with Crippen LogP contribution in [0.1, 0.15) is 21.5 Å². The number of nitrogens with one attached hydrogen (secondary N) is 2. The van der Waals surface area contributed by atoms with Crippen molar-refractivity contribution in [2.45, 2.75) is 13.3 Å². The van der Waals surface area contributed by atoms with Crippen LogP contribution in [0.2, 0.25) is 0 Å². The number of carbonyl (C=O) groups excluding carboxylic acids is 1. The fourth-order valence-corrected chi connectivity index (χ4v) is 1.77. The van der Waals surface area contributed by atoms with Crippen molar-refractivity contribution in [3.05, 3.63) is 47.2 Å². The van der Waals surface area contributed by atoms with E-state index in [-0.39, 0.29) is 5.91 Å². The minimum Gasteiger partial charge on any atom is -0.383 e. The molecule has 18 heavy (non-hydrogen) atoms. The number of anilines is 1. The van der Waals surface area contributed by atoms with Gasteiger partial charge in [-0.1, -0.05) is 24.3 Å². The van der Waals surface area contributed by atoms with Crippen molar-refractivity contribution in [3.63, 3.8) is 0 Å². The summed E-state index contributed by atoms with van der Waals surface area (Å²) in [4.78, 5) is 11.8. The highest BCUT2D eigenvalue weighted by atomic mass is 16.1. The van der Waals surface area contributed by atoms with E-state index in [0.29, 0.717) is 17.9 Å². The third-order valence-corrected chi connectivity index (χ3v) is 2.85. The predicted molar refractivity (Wildman–Crippen MR) is 70.2 cm³/mol. The molecule has 2 rings (SSSR count). The molecule has 0 saturated heterocycles. The number of rotatable bonds is 4. The Hall–Kier alpha value is -2.30. The third-order valence-electron chi connectivity index (χ3n) is 2.85. The van der Waals surface area contributed by atoms with Gasteiger partial charge in [-0.3, -0.25) is 9.89 Å². The van der Waals surface area contributed by atoms with Gasteiger partial charge >= 0.3 is 0 Å². The Morgan fingerprint density at radius 2 is 2.22 bits per heavy atom. The Morgan fingerprint density at radius 3 is 2.89 bits per heavy atom. The second-order valence-electron chi connectivity index (χ2n) is 4.13. The standard InChI is InChI=1S/C13H16N4O/c1-9-4-2-3-5-10(9)6-7-15-13(18)11-8-16-17-12(11)14/h2-5,8H,6-7H2,1H3,(H,15,18)(H3,14,16,17). The summed E-state index contributed by atoms with van der Waals surface area (Å²) < 4.78 is 0. The zero-order valence-corrected chi connectivity index (χ0v) is 10.2. The number of hydrogen-bond acceptors (Lipinski definition) is 3. The summed E-state index contributed by atoms with van der Waals surface area (Å²) in [5, 5.41) is 9.07. The highest BCUT2D eigenvalue weighted by Crippen LogP contribution is 2.08. The quantitative estimate of drug-likeness (QED) is 0.757. The van der Waals surface area contributed by atoms with Crippen LogP contribution >= 0.6 is 0 Å². The van der Waals surface area contributed by atoms with Crippen molar-refractivity contribution >= 4 is 11.7 Å². The van der Waals surface area contributed by atoms with Crippen LogP contribution in [0, 0.1) is 6.92 Å². The van der Waals surface area contributed by atoms with Gasteiger partial charge in [0.15, 0.2) is 0 Å². The van der Waals surface area contributed by atoms with Crippen LogP contribution < -0.4 is 11.1 Å². The van der Waals surface area contributed by atoms with Crippen molar-refractivity contribution in [1.29, 1.82) is 0 Å². The fraction of sp³-hybridized carbons (Fsp3) is 0.231. The van der Waals surface area contributed by atoms with Gasteiger partial charge in [-0.05, 0) is 24.5 Å². The van der Waals surface area contributed by atoms with Gasteiger partial charge in [-0.2, -0.15) is 5.10 Å². The summed E-state index contributed by atoms with van der Waals surface area (Å²) in [6, 6.07) is 8.13. The van der Waals surface area contributed by atoms with Gasteiger partial charge in [-0.25, -0.2) is 0 Å². The second kappa shape index (κ2) is 5.35. The maximum absolute atomic E-state index is 11.8. The van der Waals surface area contributed by atoms with Crippen LogP contribution in [0.4, 0.5) is 5.82 Å². The first-order valence-corrected chi connectivity index (χ1v) is 5.80. The number of nitrogens with zero attached hydrogens (tertiary/aromatic N) is 1. The summed E-state index contributed by atoms with van der Waals surface area (Å²) in [6.07, 6.45) is 2.23. The van der Waals surface area contributed by atoms with Crippen LogP contribution in [-0.2, 0) is 6.42 Å². The molecule has 0 bridgehead atoms. The Bertz CT molecular complexity index is 547. The van der Waals surface area contributed by atoms with E-state index >= 15 is 0 Å². The second-order valence-corrected chi connectivity index (χ2v) is 4.13. The molecule has 0 aliphatic carbocycles. The number of carbonyl (C=O) groups is 1. The van der Waals surface area contributed by atoms with E-state index in [4.69, 9.17) is 5.73 Å². The molecule has 0 radical (unpaired) electrons. The molecule has 1 amide bonds. The Labute approximate surface area is 105 Å². The topological polar surface area (TPSA) is 83.8 Å². The average Bonchev–Trinajstić information content (AvgIpc) is 2.78. The van der Waals surface area contributed by atoms with Gasteiger partial charge in [0.25, 0.3) is 5.91 Å². The van der Waals surface area contributed by atoms with Crippen molar-refractivity contribution < 1.29 is 4.79 Å². The maximum Gasteiger partial charge on any atom is 0.256 e. The van der Waals surface area contributed by atoms with Crippen molar-refractivity contribution in [3.8, 4) is 0 Å². The van der Waals surface area contributed by atoms with Crippen LogP contribution in [-0.4, -0.2) is 22.6 Å². The molecule has 1 heterocycles. The van der Waals surface area contributed by atoms with Gasteiger partial charge in [0.05, 0.1) is 6.20 Å². The normalized spacial score (nSPS) is 10.3. The molecule has 0 unspecified atom stereocenters. The minimum absolute atomic E-state index is 0.199. The Balaban J connectivity index is 1.88. The van der Waals surface area contributed by atoms with E-state index < -0.39 is 0 Å². The zero-order valence-electron chi connectivity index (χ0n) is 10.2. The maximum atomic E-state index is 11.8. The number of aromatic nitrogens is 2. The number of aryl methyl sites for hydroxylation is 1. The molecule has 1 aromatic heterocycles. The van der Waals surface area contributed by atoms with Gasteiger partial charge < -0.3 is 11.1 Å². The van der Waals surface area contributed by atoms with Gasteiger partial charge in [0.2, 0.25) is 0 Å². The Kier molecular flexibility index (Phi) is 3.62. The lowest BCUT2D eigenvalue weighted by molar-refractivity contribution is 0.0955. The monoisotopic (exact) mass is 244 g/mol. The lowest BCUT2D eigenvalue weighted by Crippen LogP contribution is -2.26. The lowest BCUT2D eigenvalue weighted by Gasteiger charge is -2.06. The lowest BCUT2D eigenvalue weighted by atomic mass is 10.1. The molecule has 0 aliphatic heterocycles. The molecule has 0 aliphatic rings. The first kappa shape index (κ1) is 12.2. The van der Waals surface area contributed by atoms with E-state index in [2.05, 4.69) is 34.6 Å². The summed E-state index contributed by atoms with van der Waals surface area (Å²) >= 11 is 0. The molecule has 0 spiro atoms. The third kappa shape index (κ3) is 2.68. The zero-order chi connectivity index (χ0) is 13.0. The molecular weight excluding hydrogens is 228 g/mol. The molecule has 0 fully saturated rings. The summed E-state index contributed by atoms with van der Waals surface area (Å²) in [5.74, 6) is 0.0956. The largest absolute Gasteiger partial charge is 0.383 e. The van der Waals surface area contributed by atoms with E-state index in [9.17, 15) is 4.79 Å². The molecule has 0 atom stereocenters. The van der Waals surface area contributed by atoms with Crippen LogP contribution in [0.5, 0.6) is 0 Å². The SMILES string of the molecule is Cc1ccccc1CCNC(=O)c1cn[nH]c1N. The van der Waals surface area contributed by atoms with Gasteiger partial charge in [0, 0.05) is 6.54 Å². The summed E-state index contributed by atoms with van der Waals surface area (Å²) in [7, 11) is 0. The van der Waals surface area contributed by atoms with Gasteiger partial charge in [-0.15, -0.1) is 0 Å². The fourth-order valence-electron chi connectivity index (χ4n) is 1.77. The molecule has 2 aromatic rings. The van der Waals surface area contributed by atoms with E-state index in [0.717, 1.165) is 6.42 Å². The predicted octanol–water partition coefficient (Wildman–Crippen LogP) is 1.27. The molecule has 5 nitrogen and oxygen atoms in total. The number of nitrogens with two attached hydrogens (primary N) is 1. The van der Waals surface area contributed by atoms with E-state index in [1.165, 1.54) is 17.3 Å². The van der Waals surface area contributed by atoms with Crippen LogP contribution in [0.15, 0.2) is 30.5 Å². The van der Waals surface area contributed by atoms with Gasteiger partial charge in [0.1, 0.15) is 11.4 Å². The van der Waals surface area contributed by atoms with Crippen LogP contribution in [0.25, 0.3) is 0 Å². The molecule has 1 aromatic carbocycles. The molecule has 5 heteroatoms. The average molecular weight is 244 g/mol. The van der Waals surface area contributed by atoms with Crippen molar-refractivity contribution in [2.24, 2.45) is 0 Å². The Morgan fingerprint density at radius 1 is 1.44 bits per heavy atom. The molecular formula is C13H16N4O. The highest BCUT2D eigenvalue weighted by Gasteiger charge is 2.10. The van der Waals surface area contributed by atoms with Crippen LogP contribution in [0.3, 0.4) is 0 Å². The number of H-pyrrole nitrogens is 1. The number of benzene rings is 1. The number of hydrogen-bond donors (Lipinski definition) is 3. The summed E-state index contributed by atoms with van der Waals surface area (Å²) in [5.41, 5.74) is 8.42. The number of aromatic amines is 1. The first-order valence-electron chi connectivity index (χ1n) is 5.80. The number of amides is 1. The molecule has 94 valence electrons. The van der Waals surface area contributed by atoms with Crippen molar-refractivity contribution in [2.75, 3.05) is 12.3 Å². The minimum atomic E-state index is -0.199.